The predicted octanol–water partition coefficient (Wildman–Crippen LogP) is 4.20. The number of nitrogens with zero attached hydrogens (tertiary/aromatic N) is 4. The van der Waals surface area contributed by atoms with Gasteiger partial charge in [-0.1, -0.05) is 41.1 Å². The molecule has 0 spiro atoms. The maximum atomic E-state index is 12.6. The number of benzene rings is 2. The highest BCUT2D eigenvalue weighted by Crippen LogP contribution is 2.26. The SMILES string of the molecule is Cc1ccc(OC(F)F)c(C(=O)CSc2nnnn2-c2cccc(Cl)c2)c1. The third-order valence-corrected chi connectivity index (χ3v) is 4.63. The molecule has 1 aromatic heterocycles. The third-order valence-electron chi connectivity index (χ3n) is 3.48. The number of rotatable bonds is 7. The van der Waals surface area contributed by atoms with Crippen LogP contribution < -0.4 is 4.74 Å². The highest BCUT2D eigenvalue weighted by molar-refractivity contribution is 7.99. The molecule has 2 aromatic carbocycles. The van der Waals surface area contributed by atoms with Gasteiger partial charge in [-0.2, -0.15) is 13.5 Å². The molecule has 0 unspecified atom stereocenters. The van der Waals surface area contributed by atoms with E-state index in [4.69, 9.17) is 11.6 Å². The van der Waals surface area contributed by atoms with Gasteiger partial charge in [-0.25, -0.2) is 0 Å². The van der Waals surface area contributed by atoms with E-state index < -0.39 is 6.61 Å². The summed E-state index contributed by atoms with van der Waals surface area (Å²) in [6.07, 6.45) is 0. The Morgan fingerprint density at radius 1 is 1.30 bits per heavy atom. The van der Waals surface area contributed by atoms with E-state index in [1.807, 2.05) is 0 Å². The fraction of sp³-hybridized carbons (Fsp3) is 0.176. The maximum Gasteiger partial charge on any atom is 0.387 e. The number of alkyl halides is 2. The summed E-state index contributed by atoms with van der Waals surface area (Å²) in [7, 11) is 0. The van der Waals surface area contributed by atoms with Crippen LogP contribution in [0.25, 0.3) is 5.69 Å². The minimum Gasteiger partial charge on any atom is -0.434 e. The van der Waals surface area contributed by atoms with Gasteiger partial charge in [-0.15, -0.1) is 5.10 Å². The third kappa shape index (κ3) is 4.81. The first-order chi connectivity index (χ1) is 12.9. The van der Waals surface area contributed by atoms with Crippen molar-refractivity contribution in [1.29, 1.82) is 0 Å². The molecule has 0 saturated carbocycles. The molecule has 0 atom stereocenters. The van der Waals surface area contributed by atoms with Crippen LogP contribution in [0.15, 0.2) is 47.6 Å². The normalized spacial score (nSPS) is 11.0. The predicted molar refractivity (Wildman–Crippen MR) is 97.0 cm³/mol. The molecule has 10 heteroatoms. The second-order valence-electron chi connectivity index (χ2n) is 5.44. The minimum absolute atomic E-state index is 0.0516. The molecule has 0 aliphatic rings. The van der Waals surface area contributed by atoms with Crippen LogP contribution in [0.2, 0.25) is 5.02 Å². The number of ketones is 1. The molecule has 1 heterocycles. The molecule has 0 fully saturated rings. The van der Waals surface area contributed by atoms with Crippen molar-refractivity contribution < 1.29 is 18.3 Å². The summed E-state index contributed by atoms with van der Waals surface area (Å²) in [4.78, 5) is 12.6. The van der Waals surface area contributed by atoms with E-state index in [0.29, 0.717) is 15.9 Å². The second-order valence-corrected chi connectivity index (χ2v) is 6.82. The number of carbonyl (C=O) groups excluding carboxylic acids is 1. The Balaban J connectivity index is 1.78. The maximum absolute atomic E-state index is 12.6. The number of aromatic nitrogens is 4. The molecule has 0 bridgehead atoms. The summed E-state index contributed by atoms with van der Waals surface area (Å²) in [5, 5.41) is 12.3. The van der Waals surface area contributed by atoms with E-state index in [1.54, 1.807) is 37.3 Å². The van der Waals surface area contributed by atoms with Gasteiger partial charge in [0.1, 0.15) is 5.75 Å². The van der Waals surface area contributed by atoms with Crippen LogP contribution in [0.4, 0.5) is 8.78 Å². The van der Waals surface area contributed by atoms with E-state index in [1.165, 1.54) is 16.8 Å². The fourth-order valence-electron chi connectivity index (χ4n) is 2.31. The number of aryl methyl sites for hydroxylation is 1. The molecular formula is C17H13ClF2N4O2S. The van der Waals surface area contributed by atoms with Crippen LogP contribution in [-0.4, -0.2) is 38.4 Å². The van der Waals surface area contributed by atoms with Gasteiger partial charge in [0.05, 0.1) is 17.0 Å². The average molecular weight is 411 g/mol. The average Bonchev–Trinajstić information content (AvgIpc) is 3.09. The Morgan fingerprint density at radius 2 is 2.11 bits per heavy atom. The summed E-state index contributed by atoms with van der Waals surface area (Å²) in [6, 6.07) is 11.4. The number of hydrogen-bond donors (Lipinski definition) is 0. The summed E-state index contributed by atoms with van der Waals surface area (Å²) < 4.78 is 31.0. The van der Waals surface area contributed by atoms with Gasteiger partial charge in [0.25, 0.3) is 0 Å². The first-order valence-corrected chi connectivity index (χ1v) is 9.06. The van der Waals surface area contributed by atoms with E-state index in [2.05, 4.69) is 20.3 Å². The van der Waals surface area contributed by atoms with Gasteiger partial charge in [0.2, 0.25) is 5.16 Å². The Morgan fingerprint density at radius 3 is 2.85 bits per heavy atom. The van der Waals surface area contributed by atoms with Gasteiger partial charge < -0.3 is 4.74 Å². The van der Waals surface area contributed by atoms with Crippen molar-refractivity contribution in [1.82, 2.24) is 20.2 Å². The number of thioether (sulfide) groups is 1. The second kappa shape index (κ2) is 8.45. The van der Waals surface area contributed by atoms with Crippen molar-refractivity contribution in [2.75, 3.05) is 5.75 Å². The van der Waals surface area contributed by atoms with Crippen molar-refractivity contribution in [3.63, 3.8) is 0 Å². The van der Waals surface area contributed by atoms with Crippen LogP contribution in [0.3, 0.4) is 0 Å². The largest absolute Gasteiger partial charge is 0.434 e. The summed E-state index contributed by atoms with van der Waals surface area (Å²) in [5.74, 6) is -0.583. The van der Waals surface area contributed by atoms with Gasteiger partial charge in [0, 0.05) is 5.02 Å². The highest BCUT2D eigenvalue weighted by atomic mass is 35.5. The number of hydrogen-bond acceptors (Lipinski definition) is 6. The van der Waals surface area contributed by atoms with Crippen LogP contribution in [-0.2, 0) is 0 Å². The summed E-state index contributed by atoms with van der Waals surface area (Å²) in [6.45, 7) is -1.25. The van der Waals surface area contributed by atoms with Crippen LogP contribution in [0.1, 0.15) is 15.9 Å². The first kappa shape index (κ1) is 19.2. The van der Waals surface area contributed by atoms with Gasteiger partial charge >= 0.3 is 6.61 Å². The Kier molecular flexibility index (Phi) is 6.02. The zero-order valence-electron chi connectivity index (χ0n) is 14.0. The quantitative estimate of drug-likeness (QED) is 0.429. The molecule has 6 nitrogen and oxygen atoms in total. The van der Waals surface area contributed by atoms with Gasteiger partial charge in [-0.3, -0.25) is 4.79 Å². The van der Waals surface area contributed by atoms with Crippen molar-refractivity contribution in [3.8, 4) is 11.4 Å². The first-order valence-electron chi connectivity index (χ1n) is 7.70. The lowest BCUT2D eigenvalue weighted by molar-refractivity contribution is -0.0501. The highest BCUT2D eigenvalue weighted by Gasteiger charge is 2.18. The molecule has 0 saturated heterocycles. The lowest BCUT2D eigenvalue weighted by Crippen LogP contribution is -2.10. The standard InChI is InChI=1S/C17H13ClF2N4O2S/c1-10-5-6-15(26-16(19)20)13(7-10)14(25)9-27-17-21-22-23-24(17)12-4-2-3-11(18)8-12/h2-8,16H,9H2,1H3. The van der Waals surface area contributed by atoms with Crippen molar-refractivity contribution in [2.24, 2.45) is 0 Å². The number of halogens is 3. The Hall–Kier alpha value is -2.52. The Bertz CT molecular complexity index is 968. The zero-order valence-corrected chi connectivity index (χ0v) is 15.5. The van der Waals surface area contributed by atoms with Gasteiger partial charge in [-0.05, 0) is 47.7 Å². The zero-order chi connectivity index (χ0) is 19.4. The molecule has 0 amide bonds. The van der Waals surface area contributed by atoms with Crippen molar-refractivity contribution in [2.45, 2.75) is 18.7 Å². The summed E-state index contributed by atoms with van der Waals surface area (Å²) >= 11 is 7.06. The molecule has 0 aliphatic carbocycles. The number of ether oxygens (including phenoxy) is 1. The Labute approximate surface area is 162 Å². The van der Waals surface area contributed by atoms with Crippen LogP contribution in [0.5, 0.6) is 5.75 Å². The molecule has 0 aliphatic heterocycles. The molecular weight excluding hydrogens is 398 g/mol. The lowest BCUT2D eigenvalue weighted by Gasteiger charge is -2.10. The number of carbonyl (C=O) groups is 1. The molecule has 27 heavy (non-hydrogen) atoms. The molecule has 0 N–H and O–H groups in total. The molecule has 3 rings (SSSR count). The lowest BCUT2D eigenvalue weighted by atomic mass is 10.1. The van der Waals surface area contributed by atoms with E-state index in [0.717, 1.165) is 17.3 Å². The van der Waals surface area contributed by atoms with E-state index in [-0.39, 0.29) is 22.8 Å². The van der Waals surface area contributed by atoms with Crippen LogP contribution >= 0.6 is 23.4 Å². The monoisotopic (exact) mass is 410 g/mol. The van der Waals surface area contributed by atoms with Gasteiger partial charge in [0.15, 0.2) is 5.78 Å². The smallest absolute Gasteiger partial charge is 0.387 e. The van der Waals surface area contributed by atoms with Crippen molar-refractivity contribution >= 4 is 29.1 Å². The van der Waals surface area contributed by atoms with Crippen LogP contribution in [0, 0.1) is 6.92 Å². The minimum atomic E-state index is -3.01. The fourth-order valence-corrected chi connectivity index (χ4v) is 3.27. The molecule has 3 aromatic rings. The topological polar surface area (TPSA) is 69.9 Å². The molecule has 0 radical (unpaired) electrons. The summed E-state index contributed by atoms with van der Waals surface area (Å²) in [5.41, 5.74) is 1.48. The number of tetrazole rings is 1. The van der Waals surface area contributed by atoms with E-state index in [9.17, 15) is 13.6 Å². The molecule has 140 valence electrons. The van der Waals surface area contributed by atoms with Crippen molar-refractivity contribution in [3.05, 3.63) is 58.6 Å². The number of Topliss-reactive ketones (excluding diaryl/α,β-unsaturated/α-hetero) is 1. The van der Waals surface area contributed by atoms with E-state index >= 15 is 0 Å².